The smallest absolute Gasteiger partial charge is 0.242 e. The van der Waals surface area contributed by atoms with Crippen LogP contribution in [0.1, 0.15) is 32.6 Å². The van der Waals surface area contributed by atoms with Crippen LogP contribution in [0.15, 0.2) is 24.3 Å². The summed E-state index contributed by atoms with van der Waals surface area (Å²) >= 11 is 5.81. The van der Waals surface area contributed by atoms with Gasteiger partial charge in [-0.15, -0.1) is 0 Å². The van der Waals surface area contributed by atoms with Gasteiger partial charge in [-0.05, 0) is 55.4 Å². The Balaban J connectivity index is 2.04. The largest absolute Gasteiger partial charge is 0.325 e. The normalized spacial score (nSPS) is 17.1. The third-order valence-electron chi connectivity index (χ3n) is 3.81. The molecule has 0 saturated heterocycles. The molecule has 2 unspecified atom stereocenters. The average Bonchev–Trinajstić information content (AvgIpc) is 3.26. The molecule has 1 fully saturated rings. The van der Waals surface area contributed by atoms with Crippen molar-refractivity contribution in [1.82, 2.24) is 0 Å². The summed E-state index contributed by atoms with van der Waals surface area (Å²) in [6.45, 7) is 2.10. The zero-order chi connectivity index (χ0) is 14.5. The molecule has 1 N–H and O–H groups in total. The molecule has 0 radical (unpaired) electrons. The lowest BCUT2D eigenvalue weighted by atomic mass is 9.84. The van der Waals surface area contributed by atoms with Crippen molar-refractivity contribution in [1.29, 1.82) is 5.26 Å². The minimum absolute atomic E-state index is 0.192. The Hall–Kier alpha value is -1.53. The lowest BCUT2D eigenvalue weighted by Crippen LogP contribution is -2.29. The third-order valence-corrected chi connectivity index (χ3v) is 4.06. The highest BCUT2D eigenvalue weighted by molar-refractivity contribution is 6.30. The van der Waals surface area contributed by atoms with E-state index in [1.54, 1.807) is 24.3 Å². The molecule has 0 heterocycles. The molecule has 0 bridgehead atoms. The van der Waals surface area contributed by atoms with Crippen LogP contribution in [0.25, 0.3) is 0 Å². The van der Waals surface area contributed by atoms with E-state index < -0.39 is 5.92 Å². The summed E-state index contributed by atoms with van der Waals surface area (Å²) in [5, 5.41) is 12.8. The van der Waals surface area contributed by atoms with Crippen molar-refractivity contribution in [3.05, 3.63) is 29.3 Å². The van der Waals surface area contributed by atoms with Crippen molar-refractivity contribution in [2.24, 2.45) is 17.8 Å². The van der Waals surface area contributed by atoms with Gasteiger partial charge in [0.25, 0.3) is 0 Å². The van der Waals surface area contributed by atoms with Crippen LogP contribution < -0.4 is 5.32 Å². The van der Waals surface area contributed by atoms with Crippen LogP contribution in [0.3, 0.4) is 0 Å². The first-order valence-electron chi connectivity index (χ1n) is 7.11. The standard InChI is InChI=1S/C16H19ClN2O/c1-2-3-14(11-4-5-11)15(10-18)16(20)19-13-8-6-12(17)7-9-13/h6-9,11,14-15H,2-5H2,1H3,(H,19,20). The van der Waals surface area contributed by atoms with Gasteiger partial charge < -0.3 is 5.32 Å². The number of rotatable bonds is 6. The summed E-state index contributed by atoms with van der Waals surface area (Å²) in [5.74, 6) is -0.00818. The number of nitrogens with one attached hydrogen (secondary N) is 1. The molecule has 3 nitrogen and oxygen atoms in total. The predicted molar refractivity (Wildman–Crippen MR) is 80.3 cm³/mol. The van der Waals surface area contributed by atoms with Crippen molar-refractivity contribution in [3.63, 3.8) is 0 Å². The molecular weight excluding hydrogens is 272 g/mol. The maximum absolute atomic E-state index is 12.3. The molecule has 0 aliphatic heterocycles. The molecule has 0 aromatic heterocycles. The molecule has 2 atom stereocenters. The first kappa shape index (κ1) is 14.9. The summed E-state index contributed by atoms with van der Waals surface area (Å²) in [5.41, 5.74) is 0.686. The molecule has 4 heteroatoms. The van der Waals surface area contributed by atoms with E-state index in [1.165, 1.54) is 0 Å². The van der Waals surface area contributed by atoms with E-state index in [0.717, 1.165) is 25.7 Å². The SMILES string of the molecule is CCCC(C1CC1)C(C#N)C(=O)Nc1ccc(Cl)cc1. The number of nitriles is 1. The van der Waals surface area contributed by atoms with Gasteiger partial charge in [0, 0.05) is 10.7 Å². The van der Waals surface area contributed by atoms with E-state index in [2.05, 4.69) is 18.3 Å². The minimum atomic E-state index is -0.557. The maximum atomic E-state index is 12.3. The highest BCUT2D eigenvalue weighted by Crippen LogP contribution is 2.43. The van der Waals surface area contributed by atoms with Crippen LogP contribution >= 0.6 is 11.6 Å². The second-order valence-corrected chi connectivity index (χ2v) is 5.83. The molecule has 106 valence electrons. The number of hydrogen-bond donors (Lipinski definition) is 1. The topological polar surface area (TPSA) is 52.9 Å². The number of nitrogens with zero attached hydrogens (tertiary/aromatic N) is 1. The van der Waals surface area contributed by atoms with Crippen LogP contribution in [-0.4, -0.2) is 5.91 Å². The van der Waals surface area contributed by atoms with Gasteiger partial charge in [-0.25, -0.2) is 0 Å². The van der Waals surface area contributed by atoms with Crippen LogP contribution in [0.5, 0.6) is 0 Å². The fourth-order valence-electron chi connectivity index (χ4n) is 2.63. The van der Waals surface area contributed by atoms with Gasteiger partial charge in [0.1, 0.15) is 5.92 Å². The monoisotopic (exact) mass is 290 g/mol. The van der Waals surface area contributed by atoms with E-state index in [4.69, 9.17) is 11.6 Å². The van der Waals surface area contributed by atoms with Crippen LogP contribution in [-0.2, 0) is 4.79 Å². The highest BCUT2D eigenvalue weighted by Gasteiger charge is 2.39. The number of halogens is 1. The number of benzene rings is 1. The molecule has 1 aromatic rings. The second kappa shape index (κ2) is 6.76. The van der Waals surface area contributed by atoms with E-state index in [9.17, 15) is 10.1 Å². The zero-order valence-corrected chi connectivity index (χ0v) is 12.4. The van der Waals surface area contributed by atoms with Gasteiger partial charge in [-0.2, -0.15) is 5.26 Å². The summed E-state index contributed by atoms with van der Waals surface area (Å²) in [4.78, 5) is 12.3. The molecule has 20 heavy (non-hydrogen) atoms. The Bertz CT molecular complexity index is 502. The molecule has 1 aliphatic rings. The fourth-order valence-corrected chi connectivity index (χ4v) is 2.76. The van der Waals surface area contributed by atoms with Gasteiger partial charge >= 0.3 is 0 Å². The first-order chi connectivity index (χ1) is 9.65. The number of carbonyl (C=O) groups excluding carboxylic acids is 1. The summed E-state index contributed by atoms with van der Waals surface area (Å²) in [6, 6.07) is 9.15. The molecule has 2 rings (SSSR count). The van der Waals surface area contributed by atoms with Crippen molar-refractivity contribution < 1.29 is 4.79 Å². The van der Waals surface area contributed by atoms with Crippen LogP contribution in [0.2, 0.25) is 5.02 Å². The van der Waals surface area contributed by atoms with Gasteiger partial charge in [0.05, 0.1) is 6.07 Å². The Morgan fingerprint density at radius 3 is 2.60 bits per heavy atom. The zero-order valence-electron chi connectivity index (χ0n) is 11.6. The quantitative estimate of drug-likeness (QED) is 0.852. The second-order valence-electron chi connectivity index (χ2n) is 5.39. The number of hydrogen-bond acceptors (Lipinski definition) is 2. The summed E-state index contributed by atoms with van der Waals surface area (Å²) < 4.78 is 0. The summed E-state index contributed by atoms with van der Waals surface area (Å²) in [6.07, 6.45) is 4.25. The van der Waals surface area contributed by atoms with E-state index >= 15 is 0 Å². The van der Waals surface area contributed by atoms with Gasteiger partial charge in [0.2, 0.25) is 5.91 Å². The Morgan fingerprint density at radius 2 is 2.10 bits per heavy atom. The average molecular weight is 291 g/mol. The lowest BCUT2D eigenvalue weighted by molar-refractivity contribution is -0.120. The van der Waals surface area contributed by atoms with E-state index in [-0.39, 0.29) is 11.8 Å². The van der Waals surface area contributed by atoms with Crippen LogP contribution in [0.4, 0.5) is 5.69 Å². The number of carbonyl (C=O) groups is 1. The molecule has 1 aromatic carbocycles. The van der Waals surface area contributed by atoms with Crippen molar-refractivity contribution in [2.45, 2.75) is 32.6 Å². The van der Waals surface area contributed by atoms with Crippen molar-refractivity contribution in [2.75, 3.05) is 5.32 Å². The summed E-state index contributed by atoms with van der Waals surface area (Å²) in [7, 11) is 0. The van der Waals surface area contributed by atoms with Gasteiger partial charge in [-0.3, -0.25) is 4.79 Å². The molecular formula is C16H19ClN2O. The molecule has 1 aliphatic carbocycles. The van der Waals surface area contributed by atoms with Gasteiger partial charge in [-0.1, -0.05) is 24.9 Å². The Morgan fingerprint density at radius 1 is 1.45 bits per heavy atom. The Labute approximate surface area is 124 Å². The highest BCUT2D eigenvalue weighted by atomic mass is 35.5. The van der Waals surface area contributed by atoms with E-state index in [1.807, 2.05) is 0 Å². The lowest BCUT2D eigenvalue weighted by Gasteiger charge is -2.20. The van der Waals surface area contributed by atoms with E-state index in [0.29, 0.717) is 16.6 Å². The molecule has 0 spiro atoms. The predicted octanol–water partition coefficient (Wildman–Crippen LogP) is 4.24. The maximum Gasteiger partial charge on any atom is 0.242 e. The third kappa shape index (κ3) is 3.74. The first-order valence-corrected chi connectivity index (χ1v) is 7.49. The number of amides is 1. The Kier molecular flexibility index (Phi) is 5.03. The number of anilines is 1. The van der Waals surface area contributed by atoms with Crippen molar-refractivity contribution in [3.8, 4) is 6.07 Å². The molecule has 1 amide bonds. The van der Waals surface area contributed by atoms with Crippen LogP contribution in [0, 0.1) is 29.1 Å². The van der Waals surface area contributed by atoms with Gasteiger partial charge in [0.15, 0.2) is 0 Å². The van der Waals surface area contributed by atoms with Crippen molar-refractivity contribution >= 4 is 23.2 Å². The fraction of sp³-hybridized carbons (Fsp3) is 0.500. The molecule has 1 saturated carbocycles. The minimum Gasteiger partial charge on any atom is -0.325 e.